The maximum Gasteiger partial charge on any atom is 0.289 e. The summed E-state index contributed by atoms with van der Waals surface area (Å²) in [5, 5.41) is 10.4. The number of aliphatic hydroxyl groups is 1. The number of furan rings is 1. The number of hydrogen-bond acceptors (Lipinski definition) is 4. The van der Waals surface area contributed by atoms with E-state index in [0.29, 0.717) is 25.5 Å². The molecule has 0 radical (unpaired) electrons. The highest BCUT2D eigenvalue weighted by atomic mass is 16.5. The van der Waals surface area contributed by atoms with E-state index in [1.54, 1.807) is 12.1 Å². The molecule has 3 aromatic rings. The molecule has 2 aliphatic heterocycles. The molecule has 2 aromatic heterocycles. The summed E-state index contributed by atoms with van der Waals surface area (Å²) in [4.78, 5) is 18.1. The fourth-order valence-corrected chi connectivity index (χ4v) is 4.47. The maximum absolute atomic E-state index is 12.7. The van der Waals surface area contributed by atoms with Gasteiger partial charge in [0.05, 0.1) is 12.3 Å². The summed E-state index contributed by atoms with van der Waals surface area (Å²) in [5.41, 5.74) is 3.35. The Balaban J connectivity index is 1.39. The number of aromatic nitrogens is 1. The lowest BCUT2D eigenvalue weighted by atomic mass is 9.83. The van der Waals surface area contributed by atoms with Crippen molar-refractivity contribution in [3.8, 4) is 0 Å². The van der Waals surface area contributed by atoms with E-state index in [2.05, 4.69) is 23.2 Å². The molecule has 5 rings (SSSR count). The Labute approximate surface area is 156 Å². The van der Waals surface area contributed by atoms with Crippen LogP contribution in [0.4, 0.5) is 0 Å². The van der Waals surface area contributed by atoms with Crippen molar-refractivity contribution < 1.29 is 19.1 Å². The van der Waals surface area contributed by atoms with Crippen LogP contribution < -0.4 is 0 Å². The van der Waals surface area contributed by atoms with Gasteiger partial charge in [-0.05, 0) is 43.0 Å². The monoisotopic (exact) mass is 366 g/mol. The van der Waals surface area contributed by atoms with Crippen molar-refractivity contribution in [2.75, 3.05) is 19.7 Å². The van der Waals surface area contributed by atoms with Gasteiger partial charge in [-0.25, -0.2) is 0 Å². The molecule has 0 unspecified atom stereocenters. The van der Waals surface area contributed by atoms with Crippen molar-refractivity contribution >= 4 is 16.8 Å². The average molecular weight is 366 g/mol. The molecular weight excluding hydrogens is 344 g/mol. The van der Waals surface area contributed by atoms with Gasteiger partial charge in [0, 0.05) is 24.0 Å². The van der Waals surface area contributed by atoms with Gasteiger partial charge in [0.2, 0.25) is 0 Å². The second-order valence-corrected chi connectivity index (χ2v) is 7.33. The molecule has 1 spiro atoms. The van der Waals surface area contributed by atoms with Crippen molar-refractivity contribution in [2.24, 2.45) is 0 Å². The van der Waals surface area contributed by atoms with E-state index >= 15 is 0 Å². The van der Waals surface area contributed by atoms with Crippen molar-refractivity contribution in [3.63, 3.8) is 0 Å². The molecule has 1 aromatic carbocycles. The third-order valence-electron chi connectivity index (χ3n) is 5.89. The number of benzene rings is 1. The van der Waals surface area contributed by atoms with Crippen molar-refractivity contribution in [1.82, 2.24) is 9.88 Å². The number of ether oxygens (including phenoxy) is 1. The molecule has 6 heteroatoms. The molecule has 0 aliphatic carbocycles. The van der Waals surface area contributed by atoms with Crippen LogP contribution in [0, 0.1) is 0 Å². The van der Waals surface area contributed by atoms with Gasteiger partial charge in [0.15, 0.2) is 5.76 Å². The number of piperidine rings is 1. The molecule has 6 nitrogen and oxygen atoms in total. The van der Waals surface area contributed by atoms with Gasteiger partial charge < -0.3 is 24.1 Å². The normalized spacial score (nSPS) is 18.8. The number of nitrogens with zero attached hydrogens (tertiary/aromatic N) is 1. The summed E-state index contributed by atoms with van der Waals surface area (Å²) >= 11 is 0. The first-order valence-corrected chi connectivity index (χ1v) is 9.43. The topological polar surface area (TPSA) is 78.7 Å². The second kappa shape index (κ2) is 6.25. The van der Waals surface area contributed by atoms with Crippen molar-refractivity contribution in [3.05, 3.63) is 59.2 Å². The van der Waals surface area contributed by atoms with Crippen LogP contribution in [0.15, 0.2) is 40.8 Å². The Kier molecular flexibility index (Phi) is 3.84. The standard InChI is InChI=1S/C21H22N2O4/c24-13-14-5-6-18(27-14)20(25)23-10-8-21(9-11-23)19-16(7-12-26-21)15-3-1-2-4-17(15)22-19/h1-6,22,24H,7-13H2. The summed E-state index contributed by atoms with van der Waals surface area (Å²) in [7, 11) is 0. The zero-order chi connectivity index (χ0) is 18.4. The third-order valence-corrected chi connectivity index (χ3v) is 5.89. The largest absolute Gasteiger partial charge is 0.453 e. The quantitative estimate of drug-likeness (QED) is 0.731. The lowest BCUT2D eigenvalue weighted by Gasteiger charge is -2.43. The average Bonchev–Trinajstić information content (AvgIpc) is 3.34. The highest BCUT2D eigenvalue weighted by Gasteiger charge is 2.43. The number of nitrogens with one attached hydrogen (secondary N) is 1. The van der Waals surface area contributed by atoms with Gasteiger partial charge in [-0.2, -0.15) is 0 Å². The van der Waals surface area contributed by atoms with Crippen LogP contribution in [0.3, 0.4) is 0 Å². The van der Waals surface area contributed by atoms with Gasteiger partial charge in [-0.3, -0.25) is 4.79 Å². The van der Waals surface area contributed by atoms with Crippen LogP contribution in [-0.2, 0) is 23.4 Å². The molecule has 1 amide bonds. The van der Waals surface area contributed by atoms with Crippen LogP contribution in [0.25, 0.3) is 10.9 Å². The molecule has 0 saturated carbocycles. The number of para-hydroxylation sites is 1. The minimum atomic E-state index is -0.344. The summed E-state index contributed by atoms with van der Waals surface area (Å²) in [6.45, 7) is 1.74. The van der Waals surface area contributed by atoms with E-state index in [-0.39, 0.29) is 23.9 Å². The van der Waals surface area contributed by atoms with Crippen LogP contribution in [0.2, 0.25) is 0 Å². The predicted octanol–water partition coefficient (Wildman–Crippen LogP) is 2.96. The van der Waals surface area contributed by atoms with E-state index in [9.17, 15) is 4.79 Å². The number of carbonyl (C=O) groups excluding carboxylic acids is 1. The van der Waals surface area contributed by atoms with E-state index in [0.717, 1.165) is 24.8 Å². The fraction of sp³-hybridized carbons (Fsp3) is 0.381. The fourth-order valence-electron chi connectivity index (χ4n) is 4.47. The van der Waals surface area contributed by atoms with Gasteiger partial charge >= 0.3 is 0 Å². The minimum Gasteiger partial charge on any atom is -0.453 e. The third kappa shape index (κ3) is 2.59. The summed E-state index contributed by atoms with van der Waals surface area (Å²) in [5.74, 6) is 0.563. The number of carbonyl (C=O) groups is 1. The van der Waals surface area contributed by atoms with E-state index in [4.69, 9.17) is 14.3 Å². The first kappa shape index (κ1) is 16.6. The Hall–Kier alpha value is -2.57. The molecule has 4 heterocycles. The first-order chi connectivity index (χ1) is 13.2. The van der Waals surface area contributed by atoms with Crippen LogP contribution in [-0.4, -0.2) is 40.6 Å². The van der Waals surface area contributed by atoms with Gasteiger partial charge in [-0.1, -0.05) is 18.2 Å². The van der Waals surface area contributed by atoms with Crippen LogP contribution in [0.1, 0.15) is 40.4 Å². The van der Waals surface area contributed by atoms with Crippen LogP contribution in [0.5, 0.6) is 0 Å². The van der Waals surface area contributed by atoms with Gasteiger partial charge in [0.25, 0.3) is 5.91 Å². The molecule has 140 valence electrons. The maximum atomic E-state index is 12.7. The van der Waals surface area contributed by atoms with Crippen molar-refractivity contribution in [1.29, 1.82) is 0 Å². The summed E-state index contributed by atoms with van der Waals surface area (Å²) < 4.78 is 11.7. The molecule has 0 atom stereocenters. The number of likely N-dealkylation sites (tertiary alicyclic amines) is 1. The van der Waals surface area contributed by atoms with E-state index < -0.39 is 0 Å². The zero-order valence-corrected chi connectivity index (χ0v) is 15.0. The van der Waals surface area contributed by atoms with E-state index in [1.165, 1.54) is 16.6 Å². The number of rotatable bonds is 2. The highest BCUT2D eigenvalue weighted by Crippen LogP contribution is 2.43. The second-order valence-electron chi connectivity index (χ2n) is 7.33. The smallest absolute Gasteiger partial charge is 0.289 e. The summed E-state index contributed by atoms with van der Waals surface area (Å²) in [6, 6.07) is 11.7. The molecule has 1 fully saturated rings. The number of aliphatic hydroxyl groups excluding tert-OH is 1. The number of hydrogen-bond donors (Lipinski definition) is 2. The number of amides is 1. The Morgan fingerprint density at radius 2 is 2.00 bits per heavy atom. The Morgan fingerprint density at radius 1 is 1.19 bits per heavy atom. The van der Waals surface area contributed by atoms with Gasteiger partial charge in [-0.15, -0.1) is 0 Å². The molecule has 1 saturated heterocycles. The minimum absolute atomic E-state index is 0.128. The van der Waals surface area contributed by atoms with Crippen LogP contribution >= 0.6 is 0 Å². The zero-order valence-electron chi connectivity index (χ0n) is 15.0. The molecule has 2 aliphatic rings. The number of aromatic amines is 1. The van der Waals surface area contributed by atoms with Gasteiger partial charge in [0.1, 0.15) is 18.0 Å². The first-order valence-electron chi connectivity index (χ1n) is 9.43. The predicted molar refractivity (Wildman–Crippen MR) is 99.4 cm³/mol. The number of H-pyrrole nitrogens is 1. The SMILES string of the molecule is O=C(c1ccc(CO)o1)N1CCC2(CC1)OCCc1c2[nH]c2ccccc12. The molecule has 27 heavy (non-hydrogen) atoms. The molecular formula is C21H22N2O4. The lowest BCUT2D eigenvalue weighted by Crippen LogP contribution is -2.48. The Morgan fingerprint density at radius 3 is 2.78 bits per heavy atom. The molecule has 0 bridgehead atoms. The summed E-state index contributed by atoms with van der Waals surface area (Å²) in [6.07, 6.45) is 2.43. The Bertz CT molecular complexity index is 995. The molecule has 2 N–H and O–H groups in total. The highest BCUT2D eigenvalue weighted by molar-refractivity contribution is 5.91. The van der Waals surface area contributed by atoms with Crippen molar-refractivity contribution in [2.45, 2.75) is 31.5 Å². The number of fused-ring (bicyclic) bond motifs is 4. The van der Waals surface area contributed by atoms with E-state index in [1.807, 2.05) is 11.0 Å². The lowest BCUT2D eigenvalue weighted by molar-refractivity contribution is -0.0959.